The van der Waals surface area contributed by atoms with Crippen LogP contribution in [0.3, 0.4) is 0 Å². The van der Waals surface area contributed by atoms with Crippen molar-refractivity contribution in [3.05, 3.63) is 64.1 Å². The first-order valence-corrected chi connectivity index (χ1v) is 10.0. The molecule has 0 saturated heterocycles. The normalized spacial score (nSPS) is 11.1. The highest BCUT2D eigenvalue weighted by Crippen LogP contribution is 2.29. The molecule has 2 aromatic carbocycles. The van der Waals surface area contributed by atoms with Crippen LogP contribution in [0, 0.1) is 0 Å². The maximum atomic E-state index is 12.6. The molecule has 0 aromatic heterocycles. The number of hydrogen-bond donors (Lipinski definition) is 0. The summed E-state index contributed by atoms with van der Waals surface area (Å²) in [5.41, 5.74) is 1.51. The van der Waals surface area contributed by atoms with Crippen LogP contribution in [0.25, 0.3) is 0 Å². The van der Waals surface area contributed by atoms with E-state index in [0.29, 0.717) is 19.7 Å². The molecule has 1 amide bonds. The molecule has 4 nitrogen and oxygen atoms in total. The van der Waals surface area contributed by atoms with Gasteiger partial charge in [-0.15, -0.1) is 0 Å². The summed E-state index contributed by atoms with van der Waals surface area (Å²) in [5, 5.41) is 0. The zero-order chi connectivity index (χ0) is 19.9. The predicted octanol–water partition coefficient (Wildman–Crippen LogP) is 6.18. The maximum Gasteiger partial charge on any atom is 0.410 e. The van der Waals surface area contributed by atoms with E-state index >= 15 is 0 Å². The Morgan fingerprint density at radius 2 is 1.78 bits per heavy atom. The van der Waals surface area contributed by atoms with Crippen LogP contribution in [0.4, 0.5) is 4.79 Å². The van der Waals surface area contributed by atoms with Crippen LogP contribution in [0.5, 0.6) is 5.75 Å². The van der Waals surface area contributed by atoms with Gasteiger partial charge < -0.3 is 14.4 Å². The molecule has 146 valence electrons. The molecule has 0 aliphatic carbocycles. The quantitative estimate of drug-likeness (QED) is 0.523. The van der Waals surface area contributed by atoms with Crippen molar-refractivity contribution in [2.45, 2.75) is 52.9 Å². The van der Waals surface area contributed by atoms with Gasteiger partial charge in [-0.2, -0.15) is 0 Å². The fourth-order valence-corrected chi connectivity index (χ4v) is 3.06. The number of amides is 1. The van der Waals surface area contributed by atoms with Gasteiger partial charge in [0.05, 0.1) is 6.54 Å². The topological polar surface area (TPSA) is 38.8 Å². The average Bonchev–Trinajstić information content (AvgIpc) is 2.61. The van der Waals surface area contributed by atoms with Gasteiger partial charge in [-0.1, -0.05) is 59.3 Å². The zero-order valence-electron chi connectivity index (χ0n) is 16.5. The van der Waals surface area contributed by atoms with E-state index < -0.39 is 5.60 Å². The molecule has 0 saturated carbocycles. The monoisotopic (exact) mass is 433 g/mol. The summed E-state index contributed by atoms with van der Waals surface area (Å²) in [7, 11) is 0. The molecular weight excluding hydrogens is 406 g/mol. The van der Waals surface area contributed by atoms with Gasteiger partial charge in [0.2, 0.25) is 0 Å². The van der Waals surface area contributed by atoms with Gasteiger partial charge in [-0.25, -0.2) is 4.79 Å². The highest BCUT2D eigenvalue weighted by Gasteiger charge is 2.23. The van der Waals surface area contributed by atoms with E-state index in [-0.39, 0.29) is 6.09 Å². The highest BCUT2D eigenvalue weighted by atomic mass is 79.9. The number of hydrogen-bond acceptors (Lipinski definition) is 3. The third-order valence-electron chi connectivity index (χ3n) is 3.81. The lowest BCUT2D eigenvalue weighted by Crippen LogP contribution is -2.37. The molecule has 0 aliphatic rings. The second-order valence-electron chi connectivity index (χ2n) is 7.39. The van der Waals surface area contributed by atoms with E-state index in [0.717, 1.165) is 27.8 Å². The summed E-state index contributed by atoms with van der Waals surface area (Å²) in [5.74, 6) is 0.762. The number of carbonyl (C=O) groups is 1. The SMILES string of the molecule is CCCN(Cc1c(Br)cccc1OCc1ccccc1)C(=O)OC(C)(C)C. The minimum atomic E-state index is -0.524. The summed E-state index contributed by atoms with van der Waals surface area (Å²) in [6, 6.07) is 15.9. The van der Waals surface area contributed by atoms with Crippen molar-refractivity contribution in [2.24, 2.45) is 0 Å². The van der Waals surface area contributed by atoms with Crippen molar-refractivity contribution >= 4 is 22.0 Å². The zero-order valence-corrected chi connectivity index (χ0v) is 18.1. The van der Waals surface area contributed by atoms with Crippen molar-refractivity contribution in [3.63, 3.8) is 0 Å². The van der Waals surface area contributed by atoms with E-state index in [1.165, 1.54) is 0 Å². The minimum Gasteiger partial charge on any atom is -0.489 e. The second-order valence-corrected chi connectivity index (χ2v) is 8.25. The Bertz CT molecular complexity index is 741. The summed E-state index contributed by atoms with van der Waals surface area (Å²) in [6.07, 6.45) is 0.540. The van der Waals surface area contributed by atoms with Crippen LogP contribution in [0.15, 0.2) is 53.0 Å². The molecule has 0 heterocycles. The molecule has 0 N–H and O–H groups in total. The molecular formula is C22H28BrNO3. The van der Waals surface area contributed by atoms with Gasteiger partial charge in [0, 0.05) is 16.6 Å². The van der Waals surface area contributed by atoms with Crippen molar-refractivity contribution in [2.75, 3.05) is 6.54 Å². The molecule has 2 rings (SSSR count). The molecule has 2 aromatic rings. The Morgan fingerprint density at radius 3 is 2.41 bits per heavy atom. The highest BCUT2D eigenvalue weighted by molar-refractivity contribution is 9.10. The van der Waals surface area contributed by atoms with E-state index in [9.17, 15) is 4.79 Å². The standard InChI is InChI=1S/C22H28BrNO3/c1-5-14-24(21(25)27-22(2,3)4)15-18-19(23)12-9-13-20(18)26-16-17-10-7-6-8-11-17/h6-13H,5,14-16H2,1-4H3. The fourth-order valence-electron chi connectivity index (χ4n) is 2.59. The average molecular weight is 434 g/mol. The van der Waals surface area contributed by atoms with Crippen LogP contribution in [0.2, 0.25) is 0 Å². The van der Waals surface area contributed by atoms with Gasteiger partial charge in [0.15, 0.2) is 0 Å². The number of rotatable bonds is 7. The Labute approximate surface area is 170 Å². The number of carbonyl (C=O) groups excluding carboxylic acids is 1. The van der Waals surface area contributed by atoms with E-state index in [1.54, 1.807) is 4.90 Å². The van der Waals surface area contributed by atoms with Crippen LogP contribution >= 0.6 is 15.9 Å². The van der Waals surface area contributed by atoms with Gasteiger partial charge in [0.25, 0.3) is 0 Å². The largest absolute Gasteiger partial charge is 0.489 e. The summed E-state index contributed by atoms with van der Waals surface area (Å²) < 4.78 is 12.5. The molecule has 0 unspecified atom stereocenters. The van der Waals surface area contributed by atoms with Gasteiger partial charge >= 0.3 is 6.09 Å². The smallest absolute Gasteiger partial charge is 0.410 e. The third kappa shape index (κ3) is 6.90. The summed E-state index contributed by atoms with van der Waals surface area (Å²) in [6.45, 7) is 9.20. The first-order chi connectivity index (χ1) is 12.8. The Hall–Kier alpha value is -2.01. The lowest BCUT2D eigenvalue weighted by atomic mass is 10.1. The summed E-state index contributed by atoms with van der Waals surface area (Å²) >= 11 is 3.60. The Balaban J connectivity index is 2.18. The molecule has 0 atom stereocenters. The van der Waals surface area contributed by atoms with Gasteiger partial charge in [-0.3, -0.25) is 0 Å². The molecule has 0 spiro atoms. The Morgan fingerprint density at radius 1 is 1.07 bits per heavy atom. The van der Waals surface area contributed by atoms with Gasteiger partial charge in [-0.05, 0) is 44.9 Å². The van der Waals surface area contributed by atoms with Crippen molar-refractivity contribution in [1.82, 2.24) is 4.90 Å². The first kappa shape index (κ1) is 21.3. The lowest BCUT2D eigenvalue weighted by molar-refractivity contribution is 0.0232. The third-order valence-corrected chi connectivity index (χ3v) is 4.55. The fraction of sp³-hybridized carbons (Fsp3) is 0.409. The number of nitrogens with zero attached hydrogens (tertiary/aromatic N) is 1. The van der Waals surface area contributed by atoms with E-state index in [2.05, 4.69) is 15.9 Å². The van der Waals surface area contributed by atoms with E-state index in [1.807, 2.05) is 76.2 Å². The minimum absolute atomic E-state index is 0.311. The number of ether oxygens (including phenoxy) is 2. The number of benzene rings is 2. The molecule has 0 fully saturated rings. The molecule has 0 radical (unpaired) electrons. The van der Waals surface area contributed by atoms with Gasteiger partial charge in [0.1, 0.15) is 18.0 Å². The first-order valence-electron chi connectivity index (χ1n) is 9.22. The van der Waals surface area contributed by atoms with Crippen molar-refractivity contribution in [3.8, 4) is 5.75 Å². The molecule has 5 heteroatoms. The van der Waals surface area contributed by atoms with E-state index in [4.69, 9.17) is 9.47 Å². The Kier molecular flexibility index (Phi) is 7.72. The summed E-state index contributed by atoms with van der Waals surface area (Å²) in [4.78, 5) is 14.3. The molecule has 27 heavy (non-hydrogen) atoms. The number of halogens is 1. The lowest BCUT2D eigenvalue weighted by Gasteiger charge is -2.28. The maximum absolute atomic E-state index is 12.6. The van der Waals surface area contributed by atoms with Crippen LogP contribution in [-0.2, 0) is 17.9 Å². The second kappa shape index (κ2) is 9.79. The molecule has 0 aliphatic heterocycles. The van der Waals surface area contributed by atoms with Crippen LogP contribution in [0.1, 0.15) is 45.2 Å². The molecule has 0 bridgehead atoms. The van der Waals surface area contributed by atoms with Crippen LogP contribution < -0.4 is 4.74 Å². The predicted molar refractivity (Wildman–Crippen MR) is 112 cm³/mol. The van der Waals surface area contributed by atoms with Crippen molar-refractivity contribution in [1.29, 1.82) is 0 Å². The van der Waals surface area contributed by atoms with Crippen molar-refractivity contribution < 1.29 is 14.3 Å². The van der Waals surface area contributed by atoms with Crippen LogP contribution in [-0.4, -0.2) is 23.1 Å².